The fraction of sp³-hybridized carbons (Fsp3) is 0.643. The quantitative estimate of drug-likeness (QED) is 0.320. The molecule has 3 nitrogen and oxygen atoms in total. The molecular weight excluding hydrogens is 382 g/mol. The Balaban J connectivity index is -0.000000347. The SMILES string of the molecule is CCC(C)(C)C(=O)OC.CCC(C)C#N.CCC(C)c1ccccc1.CCC=CCC. The molecule has 0 amide bonds. The molecule has 0 aliphatic rings. The molecule has 1 aromatic carbocycles. The first-order chi connectivity index (χ1) is 14.6. The predicted octanol–water partition coefficient (Wildman–Crippen LogP) is 8.71. The lowest BCUT2D eigenvalue weighted by atomic mass is 9.91. The number of carbonyl (C=O) groups is 1. The Hall–Kier alpha value is -2.08. The topological polar surface area (TPSA) is 50.1 Å². The second-order valence-electron chi connectivity index (χ2n) is 8.18. The maximum absolute atomic E-state index is 10.8. The molecule has 0 aliphatic carbocycles. The van der Waals surface area contributed by atoms with Gasteiger partial charge in [0.1, 0.15) is 0 Å². The van der Waals surface area contributed by atoms with Crippen molar-refractivity contribution in [3.63, 3.8) is 0 Å². The van der Waals surface area contributed by atoms with E-state index in [1.165, 1.54) is 31.9 Å². The van der Waals surface area contributed by atoms with E-state index in [0.29, 0.717) is 5.92 Å². The molecule has 31 heavy (non-hydrogen) atoms. The highest BCUT2D eigenvalue weighted by atomic mass is 16.5. The molecule has 0 N–H and O–H groups in total. The highest BCUT2D eigenvalue weighted by Crippen LogP contribution is 2.20. The van der Waals surface area contributed by atoms with Crippen molar-refractivity contribution < 1.29 is 9.53 Å². The van der Waals surface area contributed by atoms with Gasteiger partial charge in [-0.05, 0) is 64.4 Å². The summed E-state index contributed by atoms with van der Waals surface area (Å²) in [6, 6.07) is 12.8. The Labute approximate surface area is 193 Å². The van der Waals surface area contributed by atoms with Crippen LogP contribution in [-0.2, 0) is 9.53 Å². The van der Waals surface area contributed by atoms with Crippen LogP contribution in [0.3, 0.4) is 0 Å². The molecule has 0 spiro atoms. The minimum atomic E-state index is -0.311. The lowest BCUT2D eigenvalue weighted by Crippen LogP contribution is -2.24. The maximum atomic E-state index is 10.8. The van der Waals surface area contributed by atoms with Gasteiger partial charge in [0.15, 0.2) is 0 Å². The molecule has 0 fully saturated rings. The number of hydrogen-bond acceptors (Lipinski definition) is 3. The Morgan fingerprint density at radius 3 is 1.71 bits per heavy atom. The summed E-state index contributed by atoms with van der Waals surface area (Å²) in [5, 5.41) is 8.08. The van der Waals surface area contributed by atoms with E-state index in [1.807, 2.05) is 34.6 Å². The monoisotopic (exact) mass is 431 g/mol. The van der Waals surface area contributed by atoms with Crippen molar-refractivity contribution in [3.05, 3.63) is 48.0 Å². The van der Waals surface area contributed by atoms with Crippen molar-refractivity contribution >= 4 is 5.97 Å². The summed E-state index contributed by atoms with van der Waals surface area (Å²) in [6.07, 6.45) is 9.72. The molecule has 1 aromatic rings. The number of hydrogen-bond donors (Lipinski definition) is 0. The minimum absolute atomic E-state index is 0.134. The van der Waals surface area contributed by atoms with Crippen molar-refractivity contribution in [2.75, 3.05) is 7.11 Å². The average Bonchev–Trinajstić information content (AvgIpc) is 2.82. The average molecular weight is 432 g/mol. The van der Waals surface area contributed by atoms with Gasteiger partial charge in [0, 0.05) is 5.92 Å². The molecule has 0 saturated carbocycles. The summed E-state index contributed by atoms with van der Waals surface area (Å²) >= 11 is 0. The van der Waals surface area contributed by atoms with E-state index in [4.69, 9.17) is 5.26 Å². The van der Waals surface area contributed by atoms with Gasteiger partial charge >= 0.3 is 5.97 Å². The Kier molecular flexibility index (Phi) is 24.5. The fourth-order valence-corrected chi connectivity index (χ4v) is 1.86. The summed E-state index contributed by atoms with van der Waals surface area (Å²) < 4.78 is 4.57. The van der Waals surface area contributed by atoms with Crippen molar-refractivity contribution in [3.8, 4) is 6.07 Å². The van der Waals surface area contributed by atoms with Gasteiger partial charge in [-0.15, -0.1) is 0 Å². The van der Waals surface area contributed by atoms with Gasteiger partial charge in [-0.1, -0.05) is 84.0 Å². The molecule has 0 saturated heterocycles. The standard InChI is InChI=1S/C10H14.C7H14O2.C6H12.C5H9N/c1-3-9(2)10-7-5-4-6-8-10;1-5-7(2,3)6(8)9-4;1-3-5-6-4-2;1-3-5(2)4-6/h4-9H,3H2,1-2H3;5H2,1-4H3;5-6H,3-4H2,1-2H3;5H,3H2,1-2H3. The van der Waals surface area contributed by atoms with E-state index in [-0.39, 0.29) is 17.3 Å². The molecule has 0 heterocycles. The molecule has 0 aliphatic heterocycles. The minimum Gasteiger partial charge on any atom is -0.469 e. The summed E-state index contributed by atoms with van der Waals surface area (Å²) in [7, 11) is 1.42. The highest BCUT2D eigenvalue weighted by molar-refractivity contribution is 5.75. The Bertz CT molecular complexity index is 579. The maximum Gasteiger partial charge on any atom is 0.311 e. The fourth-order valence-electron chi connectivity index (χ4n) is 1.86. The van der Waals surface area contributed by atoms with Crippen LogP contribution in [0, 0.1) is 22.7 Å². The van der Waals surface area contributed by atoms with Gasteiger partial charge in [0.2, 0.25) is 0 Å². The molecule has 2 unspecified atom stereocenters. The summed E-state index contributed by atoms with van der Waals surface area (Å²) in [4.78, 5) is 10.8. The van der Waals surface area contributed by atoms with Crippen LogP contribution in [0.1, 0.15) is 106 Å². The third-order valence-electron chi connectivity index (χ3n) is 5.07. The molecular formula is C28H49NO2. The van der Waals surface area contributed by atoms with Crippen LogP contribution in [0.2, 0.25) is 0 Å². The first kappa shape index (κ1) is 33.6. The molecule has 0 bridgehead atoms. The number of nitriles is 1. The van der Waals surface area contributed by atoms with Crippen LogP contribution in [0.15, 0.2) is 42.5 Å². The molecule has 178 valence electrons. The largest absolute Gasteiger partial charge is 0.469 e. The zero-order valence-corrected chi connectivity index (χ0v) is 22.0. The zero-order valence-electron chi connectivity index (χ0n) is 22.0. The number of esters is 1. The molecule has 3 heteroatoms. The van der Waals surface area contributed by atoms with Gasteiger partial charge in [-0.3, -0.25) is 4.79 Å². The van der Waals surface area contributed by atoms with Crippen molar-refractivity contribution in [2.24, 2.45) is 11.3 Å². The zero-order chi connectivity index (χ0) is 24.7. The van der Waals surface area contributed by atoms with Gasteiger partial charge in [0.05, 0.1) is 18.6 Å². The third kappa shape index (κ3) is 21.0. The van der Waals surface area contributed by atoms with Crippen LogP contribution in [0.5, 0.6) is 0 Å². The first-order valence-corrected chi connectivity index (χ1v) is 11.8. The molecule has 2 atom stereocenters. The van der Waals surface area contributed by atoms with Gasteiger partial charge < -0.3 is 4.74 Å². The van der Waals surface area contributed by atoms with Crippen molar-refractivity contribution in [1.82, 2.24) is 0 Å². The number of ether oxygens (including phenoxy) is 1. The van der Waals surface area contributed by atoms with Gasteiger partial charge in [0.25, 0.3) is 0 Å². The van der Waals surface area contributed by atoms with Gasteiger partial charge in [-0.2, -0.15) is 5.26 Å². The lowest BCUT2D eigenvalue weighted by molar-refractivity contribution is -0.150. The number of rotatable bonds is 7. The normalized spacial score (nSPS) is 11.9. The number of nitrogens with zero attached hydrogens (tertiary/aromatic N) is 1. The lowest BCUT2D eigenvalue weighted by Gasteiger charge is -2.17. The number of methoxy groups -OCH3 is 1. The van der Waals surface area contributed by atoms with Crippen LogP contribution in [0.25, 0.3) is 0 Å². The van der Waals surface area contributed by atoms with E-state index in [1.54, 1.807) is 0 Å². The van der Waals surface area contributed by atoms with Crippen LogP contribution < -0.4 is 0 Å². The summed E-state index contributed by atoms with van der Waals surface area (Å²) in [6.45, 7) is 18.4. The molecule has 0 radical (unpaired) electrons. The first-order valence-electron chi connectivity index (χ1n) is 11.8. The number of allylic oxidation sites excluding steroid dienone is 2. The van der Waals surface area contributed by atoms with E-state index < -0.39 is 0 Å². The van der Waals surface area contributed by atoms with E-state index in [0.717, 1.165) is 12.8 Å². The van der Waals surface area contributed by atoms with Crippen LogP contribution in [-0.4, -0.2) is 13.1 Å². The van der Waals surface area contributed by atoms with E-state index in [2.05, 4.69) is 81.0 Å². The summed E-state index contributed by atoms with van der Waals surface area (Å²) in [5.74, 6) is 0.816. The highest BCUT2D eigenvalue weighted by Gasteiger charge is 2.25. The Morgan fingerprint density at radius 2 is 1.48 bits per heavy atom. The number of carbonyl (C=O) groups excluding carboxylic acids is 1. The predicted molar refractivity (Wildman–Crippen MR) is 136 cm³/mol. The third-order valence-corrected chi connectivity index (χ3v) is 5.07. The second-order valence-corrected chi connectivity index (χ2v) is 8.18. The van der Waals surface area contributed by atoms with Crippen molar-refractivity contribution in [2.45, 2.75) is 100 Å². The molecule has 0 aromatic heterocycles. The van der Waals surface area contributed by atoms with Crippen LogP contribution >= 0.6 is 0 Å². The van der Waals surface area contributed by atoms with Gasteiger partial charge in [-0.25, -0.2) is 0 Å². The summed E-state index contributed by atoms with van der Waals surface area (Å²) in [5.41, 5.74) is 1.14. The van der Waals surface area contributed by atoms with Crippen molar-refractivity contribution in [1.29, 1.82) is 5.26 Å². The van der Waals surface area contributed by atoms with E-state index in [9.17, 15) is 4.79 Å². The smallest absolute Gasteiger partial charge is 0.311 e. The van der Waals surface area contributed by atoms with E-state index >= 15 is 0 Å². The molecule has 1 rings (SSSR count). The van der Waals surface area contributed by atoms with Crippen LogP contribution in [0.4, 0.5) is 0 Å². The Morgan fingerprint density at radius 1 is 1.00 bits per heavy atom. The number of benzene rings is 1. The second kappa shape index (κ2) is 22.6.